The third-order valence-electron chi connectivity index (χ3n) is 7.46. The van der Waals surface area contributed by atoms with Crippen molar-refractivity contribution < 1.29 is 40.8 Å². The predicted molar refractivity (Wildman–Crippen MR) is 162 cm³/mol. The molecule has 2 aliphatic rings. The van der Waals surface area contributed by atoms with Gasteiger partial charge in [0, 0.05) is 25.2 Å². The molecule has 0 aromatic heterocycles. The molecule has 236 valence electrons. The Morgan fingerprint density at radius 2 is 1.84 bits per heavy atom. The number of nitrogens with one attached hydrogen (secondary N) is 2. The molecule has 44 heavy (non-hydrogen) atoms. The van der Waals surface area contributed by atoms with Crippen LogP contribution < -0.4 is 10.0 Å². The number of anilines is 2. The summed E-state index contributed by atoms with van der Waals surface area (Å²) in [4.78, 5) is 55.1. The van der Waals surface area contributed by atoms with Crippen molar-refractivity contribution in [3.05, 3.63) is 53.6 Å². The maximum Gasteiger partial charge on any atom is 0.302 e. The summed E-state index contributed by atoms with van der Waals surface area (Å²) in [5.74, 6) is -4.87. The molecule has 2 atom stereocenters. The van der Waals surface area contributed by atoms with E-state index in [4.69, 9.17) is 4.74 Å². The Morgan fingerprint density at radius 3 is 2.48 bits per heavy atom. The minimum Gasteiger partial charge on any atom is -0.464 e. The lowest BCUT2D eigenvalue weighted by Crippen LogP contribution is -2.59. The molecule has 0 spiro atoms. The Kier molecular flexibility index (Phi) is 9.03. The van der Waals surface area contributed by atoms with Crippen molar-refractivity contribution in [2.45, 2.75) is 43.9 Å². The Labute approximate surface area is 256 Å². The van der Waals surface area contributed by atoms with E-state index in [1.54, 1.807) is 18.2 Å². The van der Waals surface area contributed by atoms with Crippen LogP contribution >= 0.6 is 0 Å². The van der Waals surface area contributed by atoms with Gasteiger partial charge in [-0.3, -0.25) is 23.9 Å². The van der Waals surface area contributed by atoms with Crippen molar-refractivity contribution in [3.63, 3.8) is 0 Å². The second-order valence-corrected chi connectivity index (χ2v) is 14.6. The Hall–Kier alpha value is -4.11. The van der Waals surface area contributed by atoms with Gasteiger partial charge in [-0.15, -0.1) is 4.40 Å². The summed E-state index contributed by atoms with van der Waals surface area (Å²) in [7, 11) is -6.77. The van der Waals surface area contributed by atoms with Gasteiger partial charge in [0.25, 0.3) is 10.0 Å². The Bertz CT molecular complexity index is 1790. The molecule has 1 amide bonds. The fraction of sp³-hybridized carbons (Fsp3) is 0.414. The van der Waals surface area contributed by atoms with Gasteiger partial charge in [-0.05, 0) is 42.5 Å². The van der Waals surface area contributed by atoms with Gasteiger partial charge in [-0.1, -0.05) is 38.1 Å². The first-order valence-corrected chi connectivity index (χ1v) is 17.1. The lowest BCUT2D eigenvalue weighted by Gasteiger charge is -2.42. The SMILES string of the molecule is CC(=O)OCCN(C)C(=O)C1(CCC(C)C)C(=O)C(C2=NS(=O)(=O)c3cc(NS(C)(=O)=O)ccc3N2)C(=O)c2ccccc21. The third kappa shape index (κ3) is 6.38. The Morgan fingerprint density at radius 1 is 1.16 bits per heavy atom. The molecule has 4 rings (SSSR count). The zero-order chi connectivity index (χ0) is 32.6. The van der Waals surface area contributed by atoms with E-state index in [0.717, 1.165) is 12.3 Å². The smallest absolute Gasteiger partial charge is 0.302 e. The highest BCUT2D eigenvalue weighted by Crippen LogP contribution is 2.44. The summed E-state index contributed by atoms with van der Waals surface area (Å²) >= 11 is 0. The normalized spacial score (nSPS) is 20.6. The molecule has 1 aliphatic carbocycles. The van der Waals surface area contributed by atoms with Gasteiger partial charge in [0.15, 0.2) is 11.6 Å². The first-order chi connectivity index (χ1) is 20.5. The van der Waals surface area contributed by atoms with Crippen molar-refractivity contribution in [2.24, 2.45) is 16.2 Å². The van der Waals surface area contributed by atoms with E-state index in [1.807, 2.05) is 13.8 Å². The minimum atomic E-state index is -4.52. The molecule has 1 aliphatic heterocycles. The largest absolute Gasteiger partial charge is 0.464 e. The van der Waals surface area contributed by atoms with Crippen LogP contribution in [0.3, 0.4) is 0 Å². The van der Waals surface area contributed by atoms with E-state index in [9.17, 15) is 36.0 Å². The van der Waals surface area contributed by atoms with Crippen LogP contribution in [0.2, 0.25) is 0 Å². The van der Waals surface area contributed by atoms with E-state index >= 15 is 0 Å². The average Bonchev–Trinajstić information content (AvgIpc) is 2.92. The molecule has 13 nitrogen and oxygen atoms in total. The van der Waals surface area contributed by atoms with Gasteiger partial charge in [0.1, 0.15) is 28.7 Å². The molecule has 0 fully saturated rings. The van der Waals surface area contributed by atoms with Gasteiger partial charge in [-0.2, -0.15) is 8.42 Å². The first kappa shape index (κ1) is 32.8. The molecule has 1 heterocycles. The van der Waals surface area contributed by atoms with E-state index in [0.29, 0.717) is 6.42 Å². The van der Waals surface area contributed by atoms with E-state index in [1.165, 1.54) is 37.1 Å². The van der Waals surface area contributed by atoms with Crippen molar-refractivity contribution >= 4 is 60.7 Å². The van der Waals surface area contributed by atoms with Gasteiger partial charge in [0.2, 0.25) is 15.9 Å². The van der Waals surface area contributed by atoms with Crippen LogP contribution in [0.5, 0.6) is 0 Å². The minimum absolute atomic E-state index is 0.0221. The maximum atomic E-state index is 14.6. The fourth-order valence-corrected chi connectivity index (χ4v) is 7.13. The van der Waals surface area contributed by atoms with Crippen molar-refractivity contribution in [1.29, 1.82) is 0 Å². The molecule has 2 aromatic rings. The standard InChI is InChI=1S/C29H34N4O9S2/c1-17(2)12-13-29(28(37)33(4)14-15-42-18(3)34)21-9-7-6-8-20(21)25(35)24(26(29)36)27-30-22-11-10-19(31-43(5,38)39)16-23(22)44(40,41)32-27/h6-11,16-17,24,31H,12-15H2,1-5H3,(H,30,32). The number of amides is 1. The molecular formula is C29H34N4O9S2. The lowest BCUT2D eigenvalue weighted by atomic mass is 9.61. The number of ether oxygens (including phenoxy) is 1. The number of ketones is 2. The number of benzene rings is 2. The number of esters is 1. The summed E-state index contributed by atoms with van der Waals surface area (Å²) in [5.41, 5.74) is -1.62. The van der Waals surface area contributed by atoms with Gasteiger partial charge in [0.05, 0.1) is 18.5 Å². The molecule has 2 N–H and O–H groups in total. The number of rotatable bonds is 10. The molecular weight excluding hydrogens is 612 g/mol. The van der Waals surface area contributed by atoms with Crippen molar-refractivity contribution in [1.82, 2.24) is 4.90 Å². The summed E-state index contributed by atoms with van der Waals surface area (Å²) in [6.07, 6.45) is 1.36. The molecule has 0 saturated heterocycles. The highest BCUT2D eigenvalue weighted by Gasteiger charge is 2.58. The van der Waals surface area contributed by atoms with Gasteiger partial charge in [-0.25, -0.2) is 8.42 Å². The van der Waals surface area contributed by atoms with Crippen LogP contribution in [0.4, 0.5) is 11.4 Å². The third-order valence-corrected chi connectivity index (χ3v) is 9.39. The number of Topliss-reactive ketones (excluding diaryl/α,β-unsaturated/α-hetero) is 2. The summed E-state index contributed by atoms with van der Waals surface area (Å²) in [6.45, 7) is 4.94. The highest BCUT2D eigenvalue weighted by atomic mass is 32.2. The number of sulfonamides is 2. The summed E-state index contributed by atoms with van der Waals surface area (Å²) < 4.78 is 61.1. The topological polar surface area (TPSA) is 185 Å². The van der Waals surface area contributed by atoms with E-state index in [-0.39, 0.29) is 52.9 Å². The number of hydrogen-bond donors (Lipinski definition) is 2. The quantitative estimate of drug-likeness (QED) is 0.287. The zero-order valence-corrected chi connectivity index (χ0v) is 26.5. The van der Waals surface area contributed by atoms with Crippen LogP contribution in [0.1, 0.15) is 49.5 Å². The summed E-state index contributed by atoms with van der Waals surface area (Å²) in [6, 6.07) is 9.94. The second kappa shape index (κ2) is 12.1. The maximum absolute atomic E-state index is 14.6. The van der Waals surface area contributed by atoms with Crippen molar-refractivity contribution in [2.75, 3.05) is 36.5 Å². The number of nitrogens with zero attached hydrogens (tertiary/aromatic N) is 2. The van der Waals surface area contributed by atoms with Crippen LogP contribution in [-0.2, 0) is 44.6 Å². The molecule has 0 saturated carbocycles. The predicted octanol–water partition coefficient (Wildman–Crippen LogP) is 2.35. The average molecular weight is 647 g/mol. The number of hydrogen-bond acceptors (Lipinski definition) is 10. The molecule has 15 heteroatoms. The van der Waals surface area contributed by atoms with E-state index in [2.05, 4.69) is 14.4 Å². The number of fused-ring (bicyclic) bond motifs is 2. The van der Waals surface area contributed by atoms with Gasteiger partial charge >= 0.3 is 5.97 Å². The van der Waals surface area contributed by atoms with Gasteiger partial charge < -0.3 is 15.0 Å². The first-order valence-electron chi connectivity index (χ1n) is 13.8. The number of amidine groups is 1. The van der Waals surface area contributed by atoms with Crippen LogP contribution in [-0.4, -0.2) is 77.5 Å². The highest BCUT2D eigenvalue weighted by molar-refractivity contribution is 7.92. The van der Waals surface area contributed by atoms with Crippen LogP contribution in [0, 0.1) is 11.8 Å². The van der Waals surface area contributed by atoms with Crippen LogP contribution in [0.15, 0.2) is 51.8 Å². The Balaban J connectivity index is 1.85. The van der Waals surface area contributed by atoms with Crippen LogP contribution in [0.25, 0.3) is 0 Å². The second-order valence-electron chi connectivity index (χ2n) is 11.3. The monoisotopic (exact) mass is 646 g/mol. The molecule has 2 unspecified atom stereocenters. The number of likely N-dealkylation sites (N-methyl/N-ethyl adjacent to an activating group) is 1. The molecule has 2 aromatic carbocycles. The lowest BCUT2D eigenvalue weighted by molar-refractivity contribution is -0.148. The zero-order valence-electron chi connectivity index (χ0n) is 24.9. The van der Waals surface area contributed by atoms with E-state index < -0.39 is 60.7 Å². The molecule has 0 bridgehead atoms. The molecule has 0 radical (unpaired) electrons. The number of carbonyl (C=O) groups is 4. The number of carbonyl (C=O) groups excluding carboxylic acids is 4. The summed E-state index contributed by atoms with van der Waals surface area (Å²) in [5, 5.41) is 2.79. The fourth-order valence-electron chi connectivity index (χ4n) is 5.40. The van der Waals surface area contributed by atoms with Crippen molar-refractivity contribution in [3.8, 4) is 0 Å².